The Balaban J connectivity index is 2.18. The molecule has 0 bridgehead atoms. The minimum Gasteiger partial charge on any atom is -0.271 e. The summed E-state index contributed by atoms with van der Waals surface area (Å²) in [6.45, 7) is 0. The number of hydrazine groups is 1. The molecule has 2 aromatic rings. The van der Waals surface area contributed by atoms with Crippen LogP contribution in [-0.2, 0) is 6.42 Å². The van der Waals surface area contributed by atoms with Gasteiger partial charge >= 0.3 is 0 Å². The summed E-state index contributed by atoms with van der Waals surface area (Å²) in [5.74, 6) is 5.28. The van der Waals surface area contributed by atoms with E-state index in [0.29, 0.717) is 16.0 Å². The van der Waals surface area contributed by atoms with Gasteiger partial charge in [0.2, 0.25) is 0 Å². The predicted octanol–water partition coefficient (Wildman–Crippen LogP) is 3.38. The summed E-state index contributed by atoms with van der Waals surface area (Å²) < 4.78 is 13.6. The SMILES string of the molecule is NNC(Cc1ccc(F)c(Br)c1)c1ccc(Cl)nc1. The molecule has 6 heteroatoms. The van der Waals surface area contributed by atoms with Crippen molar-refractivity contribution < 1.29 is 4.39 Å². The number of halogens is 3. The molecule has 2 rings (SSSR count). The highest BCUT2D eigenvalue weighted by Crippen LogP contribution is 2.22. The van der Waals surface area contributed by atoms with Crippen molar-refractivity contribution in [3.63, 3.8) is 0 Å². The van der Waals surface area contributed by atoms with Gasteiger partial charge in [-0.05, 0) is 51.7 Å². The third-order valence-electron chi connectivity index (χ3n) is 2.78. The van der Waals surface area contributed by atoms with Gasteiger partial charge in [0.25, 0.3) is 0 Å². The number of rotatable bonds is 4. The number of aromatic nitrogens is 1. The molecule has 1 unspecified atom stereocenters. The van der Waals surface area contributed by atoms with E-state index in [1.165, 1.54) is 6.07 Å². The smallest absolute Gasteiger partial charge is 0.137 e. The maximum Gasteiger partial charge on any atom is 0.137 e. The van der Waals surface area contributed by atoms with E-state index in [1.54, 1.807) is 24.4 Å². The lowest BCUT2D eigenvalue weighted by Crippen LogP contribution is -2.29. The van der Waals surface area contributed by atoms with Crippen LogP contribution in [-0.4, -0.2) is 4.98 Å². The average Bonchev–Trinajstić information content (AvgIpc) is 2.41. The van der Waals surface area contributed by atoms with Crippen LogP contribution >= 0.6 is 27.5 Å². The Morgan fingerprint density at radius 2 is 2.16 bits per heavy atom. The van der Waals surface area contributed by atoms with Gasteiger partial charge in [-0.1, -0.05) is 23.7 Å². The maximum atomic E-state index is 13.2. The zero-order valence-electron chi connectivity index (χ0n) is 9.91. The molecule has 1 heterocycles. The lowest BCUT2D eigenvalue weighted by Gasteiger charge is -2.16. The first-order chi connectivity index (χ1) is 9.10. The fraction of sp³-hybridized carbons (Fsp3) is 0.154. The number of benzene rings is 1. The molecule has 0 radical (unpaired) electrons. The Morgan fingerprint density at radius 3 is 2.74 bits per heavy atom. The van der Waals surface area contributed by atoms with Gasteiger partial charge < -0.3 is 0 Å². The largest absolute Gasteiger partial charge is 0.271 e. The van der Waals surface area contributed by atoms with Crippen molar-refractivity contribution in [1.29, 1.82) is 0 Å². The zero-order chi connectivity index (χ0) is 13.8. The summed E-state index contributed by atoms with van der Waals surface area (Å²) in [5, 5.41) is 0.434. The third-order valence-corrected chi connectivity index (χ3v) is 3.61. The normalized spacial score (nSPS) is 12.4. The van der Waals surface area contributed by atoms with Crippen molar-refractivity contribution in [2.75, 3.05) is 0 Å². The second-order valence-corrected chi connectivity index (χ2v) is 5.33. The van der Waals surface area contributed by atoms with Crippen molar-refractivity contribution >= 4 is 27.5 Å². The first kappa shape index (κ1) is 14.4. The molecular weight excluding hydrogens is 333 g/mol. The molecule has 0 fully saturated rings. The van der Waals surface area contributed by atoms with E-state index in [-0.39, 0.29) is 11.9 Å². The fourth-order valence-corrected chi connectivity index (χ4v) is 2.31. The second kappa shape index (κ2) is 6.43. The number of nitrogens with two attached hydrogens (primary N) is 1. The van der Waals surface area contributed by atoms with Crippen LogP contribution in [0.1, 0.15) is 17.2 Å². The Kier molecular flexibility index (Phi) is 4.87. The molecular formula is C13H12BrClFN3. The van der Waals surface area contributed by atoms with Gasteiger partial charge in [-0.25, -0.2) is 9.37 Å². The van der Waals surface area contributed by atoms with Gasteiger partial charge in [0.15, 0.2) is 0 Å². The number of nitrogens with one attached hydrogen (secondary N) is 1. The Bertz CT molecular complexity index is 562. The minimum absolute atomic E-state index is 0.109. The van der Waals surface area contributed by atoms with Crippen molar-refractivity contribution in [2.45, 2.75) is 12.5 Å². The molecule has 0 amide bonds. The fourth-order valence-electron chi connectivity index (χ4n) is 1.77. The molecule has 1 aromatic carbocycles. The number of hydrogen-bond acceptors (Lipinski definition) is 3. The van der Waals surface area contributed by atoms with Gasteiger partial charge in [-0.2, -0.15) is 0 Å². The molecule has 3 nitrogen and oxygen atoms in total. The van der Waals surface area contributed by atoms with Gasteiger partial charge in [0.1, 0.15) is 11.0 Å². The van der Waals surface area contributed by atoms with Crippen LogP contribution in [0.4, 0.5) is 4.39 Å². The molecule has 0 saturated heterocycles. The molecule has 1 aromatic heterocycles. The van der Waals surface area contributed by atoms with E-state index in [4.69, 9.17) is 17.4 Å². The Labute approximate surface area is 124 Å². The van der Waals surface area contributed by atoms with Crippen molar-refractivity contribution in [2.24, 2.45) is 5.84 Å². The molecule has 0 spiro atoms. The van der Waals surface area contributed by atoms with Crippen LogP contribution in [0.2, 0.25) is 5.15 Å². The topological polar surface area (TPSA) is 50.9 Å². The van der Waals surface area contributed by atoms with Crippen molar-refractivity contribution in [3.05, 3.63) is 63.1 Å². The summed E-state index contributed by atoms with van der Waals surface area (Å²) in [6.07, 6.45) is 2.30. The predicted molar refractivity (Wildman–Crippen MR) is 77.1 cm³/mol. The highest BCUT2D eigenvalue weighted by atomic mass is 79.9. The number of pyridine rings is 1. The van der Waals surface area contributed by atoms with Crippen LogP contribution in [0.3, 0.4) is 0 Å². The summed E-state index contributed by atoms with van der Waals surface area (Å²) in [5.41, 5.74) is 4.62. The molecule has 19 heavy (non-hydrogen) atoms. The van der Waals surface area contributed by atoms with E-state index in [1.807, 2.05) is 6.07 Å². The summed E-state index contributed by atoms with van der Waals surface area (Å²) in [4.78, 5) is 4.02. The van der Waals surface area contributed by atoms with Crippen molar-refractivity contribution in [1.82, 2.24) is 10.4 Å². The highest BCUT2D eigenvalue weighted by Gasteiger charge is 2.12. The molecule has 1 atom stereocenters. The van der Waals surface area contributed by atoms with Crippen LogP contribution in [0.5, 0.6) is 0 Å². The van der Waals surface area contributed by atoms with E-state index < -0.39 is 0 Å². The summed E-state index contributed by atoms with van der Waals surface area (Å²) in [7, 11) is 0. The van der Waals surface area contributed by atoms with Crippen LogP contribution in [0.25, 0.3) is 0 Å². The van der Waals surface area contributed by atoms with Crippen LogP contribution in [0, 0.1) is 5.82 Å². The summed E-state index contributed by atoms with van der Waals surface area (Å²) >= 11 is 8.91. The van der Waals surface area contributed by atoms with Crippen LogP contribution < -0.4 is 11.3 Å². The standard InChI is InChI=1S/C13H12BrClFN3/c14-10-5-8(1-3-11(10)16)6-12(19-17)9-2-4-13(15)18-7-9/h1-5,7,12,19H,6,17H2. The third kappa shape index (κ3) is 3.73. The second-order valence-electron chi connectivity index (χ2n) is 4.09. The van der Waals surface area contributed by atoms with E-state index in [0.717, 1.165) is 11.1 Å². The lowest BCUT2D eigenvalue weighted by molar-refractivity contribution is 0.549. The van der Waals surface area contributed by atoms with Gasteiger partial charge in [0, 0.05) is 6.20 Å². The van der Waals surface area contributed by atoms with Gasteiger partial charge in [0.05, 0.1) is 10.5 Å². The molecule has 100 valence electrons. The van der Waals surface area contributed by atoms with Gasteiger partial charge in [-0.15, -0.1) is 0 Å². The lowest BCUT2D eigenvalue weighted by atomic mass is 10.0. The summed E-state index contributed by atoms with van der Waals surface area (Å²) in [6, 6.07) is 8.35. The first-order valence-corrected chi connectivity index (χ1v) is 6.78. The number of nitrogens with zero attached hydrogens (tertiary/aromatic N) is 1. The molecule has 0 aliphatic carbocycles. The van der Waals surface area contributed by atoms with E-state index in [2.05, 4.69) is 26.3 Å². The molecule has 0 aliphatic heterocycles. The monoisotopic (exact) mass is 343 g/mol. The van der Waals surface area contributed by atoms with Gasteiger partial charge in [-0.3, -0.25) is 11.3 Å². The maximum absolute atomic E-state index is 13.2. The quantitative estimate of drug-likeness (QED) is 0.508. The molecule has 0 saturated carbocycles. The first-order valence-electron chi connectivity index (χ1n) is 5.61. The zero-order valence-corrected chi connectivity index (χ0v) is 12.2. The van der Waals surface area contributed by atoms with E-state index >= 15 is 0 Å². The highest BCUT2D eigenvalue weighted by molar-refractivity contribution is 9.10. The number of hydrogen-bond donors (Lipinski definition) is 2. The minimum atomic E-state index is -0.283. The van der Waals surface area contributed by atoms with Crippen LogP contribution in [0.15, 0.2) is 41.0 Å². The van der Waals surface area contributed by atoms with Crippen molar-refractivity contribution in [3.8, 4) is 0 Å². The Hall–Kier alpha value is -1.01. The average molecular weight is 345 g/mol. The molecule has 0 aliphatic rings. The van der Waals surface area contributed by atoms with E-state index in [9.17, 15) is 4.39 Å². The molecule has 3 N–H and O–H groups in total. The Morgan fingerprint density at radius 1 is 1.37 bits per heavy atom.